The molecule has 1 N–H and O–H groups in total. The zero-order valence-electron chi connectivity index (χ0n) is 14.2. The van der Waals surface area contributed by atoms with E-state index in [9.17, 15) is 4.79 Å². The molecule has 0 bridgehead atoms. The van der Waals surface area contributed by atoms with Crippen molar-refractivity contribution >= 4 is 17.4 Å². The largest absolute Gasteiger partial charge is 0.497 e. The highest BCUT2D eigenvalue weighted by Crippen LogP contribution is 2.29. The molecule has 1 saturated heterocycles. The Morgan fingerprint density at radius 1 is 1.12 bits per heavy atom. The van der Waals surface area contributed by atoms with Gasteiger partial charge in [0.1, 0.15) is 11.5 Å². The Kier molecular flexibility index (Phi) is 5.30. The Morgan fingerprint density at radius 3 is 2.56 bits per heavy atom. The van der Waals surface area contributed by atoms with Crippen molar-refractivity contribution in [1.82, 2.24) is 10.2 Å². The van der Waals surface area contributed by atoms with Crippen LogP contribution in [0.15, 0.2) is 30.3 Å². The average molecular weight is 344 g/mol. The maximum Gasteiger partial charge on any atom is 0.276 e. The quantitative estimate of drug-likeness (QED) is 0.881. The highest BCUT2D eigenvalue weighted by atomic mass is 16.5. The summed E-state index contributed by atoms with van der Waals surface area (Å²) in [5.74, 6) is 1.52. The molecule has 1 amide bonds. The first-order valence-electron chi connectivity index (χ1n) is 7.91. The number of benzene rings is 1. The standard InChI is InChI=1S/C17H20N4O4/c1-23-12-3-5-15(24-2)14(11-12)18-17(22)13-4-6-16(20-19-13)21-7-9-25-10-8-21/h3-6,11H,7-10H2,1-2H3,(H,18,22). The smallest absolute Gasteiger partial charge is 0.276 e. The number of ether oxygens (including phenoxy) is 3. The van der Waals surface area contributed by atoms with Crippen LogP contribution in [-0.2, 0) is 4.74 Å². The molecule has 1 aromatic carbocycles. The van der Waals surface area contributed by atoms with Crippen LogP contribution >= 0.6 is 0 Å². The molecular formula is C17H20N4O4. The Labute approximate surface area is 145 Å². The van der Waals surface area contributed by atoms with Crippen LogP contribution in [0.3, 0.4) is 0 Å². The summed E-state index contributed by atoms with van der Waals surface area (Å²) in [6.07, 6.45) is 0. The van der Waals surface area contributed by atoms with E-state index in [1.54, 1.807) is 37.4 Å². The van der Waals surface area contributed by atoms with Crippen LogP contribution in [0.5, 0.6) is 11.5 Å². The summed E-state index contributed by atoms with van der Waals surface area (Å²) in [7, 11) is 3.09. The number of methoxy groups -OCH3 is 2. The fourth-order valence-corrected chi connectivity index (χ4v) is 2.51. The van der Waals surface area contributed by atoms with Crippen molar-refractivity contribution in [3.63, 3.8) is 0 Å². The molecule has 1 fully saturated rings. The summed E-state index contributed by atoms with van der Waals surface area (Å²) >= 11 is 0. The van der Waals surface area contributed by atoms with Gasteiger partial charge in [-0.15, -0.1) is 10.2 Å². The van der Waals surface area contributed by atoms with Crippen molar-refractivity contribution in [3.8, 4) is 11.5 Å². The molecule has 1 aromatic heterocycles. The Morgan fingerprint density at radius 2 is 1.92 bits per heavy atom. The molecule has 0 saturated carbocycles. The van der Waals surface area contributed by atoms with Gasteiger partial charge in [0.15, 0.2) is 11.5 Å². The number of anilines is 2. The van der Waals surface area contributed by atoms with Crippen molar-refractivity contribution < 1.29 is 19.0 Å². The number of carbonyl (C=O) groups excluding carboxylic acids is 1. The lowest BCUT2D eigenvalue weighted by atomic mass is 10.2. The Balaban J connectivity index is 1.73. The molecule has 2 heterocycles. The molecule has 8 nitrogen and oxygen atoms in total. The highest BCUT2D eigenvalue weighted by molar-refractivity contribution is 6.03. The number of rotatable bonds is 5. The molecule has 1 aliphatic rings. The molecule has 132 valence electrons. The third kappa shape index (κ3) is 3.97. The van der Waals surface area contributed by atoms with Crippen molar-refractivity contribution in [3.05, 3.63) is 36.0 Å². The number of carbonyl (C=O) groups is 1. The molecule has 3 rings (SSSR count). The predicted octanol–water partition coefficient (Wildman–Crippen LogP) is 1.58. The number of amides is 1. The number of aromatic nitrogens is 2. The number of hydrogen-bond acceptors (Lipinski definition) is 7. The predicted molar refractivity (Wildman–Crippen MR) is 92.6 cm³/mol. The van der Waals surface area contributed by atoms with Crippen LogP contribution < -0.4 is 19.7 Å². The van der Waals surface area contributed by atoms with Crippen LogP contribution in [0.2, 0.25) is 0 Å². The molecule has 25 heavy (non-hydrogen) atoms. The second-order valence-electron chi connectivity index (χ2n) is 5.40. The van der Waals surface area contributed by atoms with E-state index < -0.39 is 0 Å². The Bertz CT molecular complexity index is 730. The number of nitrogens with zero attached hydrogens (tertiary/aromatic N) is 3. The van der Waals surface area contributed by atoms with Gasteiger partial charge in [0.25, 0.3) is 5.91 Å². The number of nitrogens with one attached hydrogen (secondary N) is 1. The van der Waals surface area contributed by atoms with Crippen molar-refractivity contribution in [2.45, 2.75) is 0 Å². The molecule has 1 aliphatic heterocycles. The van der Waals surface area contributed by atoms with Crippen LogP contribution in [-0.4, -0.2) is 56.6 Å². The SMILES string of the molecule is COc1ccc(OC)c(NC(=O)c2ccc(N3CCOCC3)nn2)c1. The average Bonchev–Trinajstić information content (AvgIpc) is 2.68. The maximum absolute atomic E-state index is 12.4. The minimum atomic E-state index is -0.368. The van der Waals surface area contributed by atoms with Gasteiger partial charge in [-0.25, -0.2) is 0 Å². The van der Waals surface area contributed by atoms with Crippen molar-refractivity contribution in [1.29, 1.82) is 0 Å². The van der Waals surface area contributed by atoms with E-state index in [2.05, 4.69) is 20.4 Å². The summed E-state index contributed by atoms with van der Waals surface area (Å²) in [6, 6.07) is 8.61. The van der Waals surface area contributed by atoms with E-state index in [1.807, 2.05) is 0 Å². The lowest BCUT2D eigenvalue weighted by molar-refractivity contribution is 0.102. The molecule has 0 unspecified atom stereocenters. The second kappa shape index (κ2) is 7.80. The van der Waals surface area contributed by atoms with E-state index >= 15 is 0 Å². The van der Waals surface area contributed by atoms with Gasteiger partial charge >= 0.3 is 0 Å². The molecule has 0 radical (unpaired) electrons. The summed E-state index contributed by atoms with van der Waals surface area (Å²) in [5.41, 5.74) is 0.729. The third-order valence-electron chi connectivity index (χ3n) is 3.87. The van der Waals surface area contributed by atoms with Crippen LogP contribution in [0.25, 0.3) is 0 Å². The van der Waals surface area contributed by atoms with Gasteiger partial charge in [-0.3, -0.25) is 4.79 Å². The number of hydrogen-bond donors (Lipinski definition) is 1. The van der Waals surface area contributed by atoms with E-state index in [4.69, 9.17) is 14.2 Å². The van der Waals surface area contributed by atoms with Gasteiger partial charge < -0.3 is 24.4 Å². The summed E-state index contributed by atoms with van der Waals surface area (Å²) in [4.78, 5) is 14.5. The lowest BCUT2D eigenvalue weighted by Gasteiger charge is -2.27. The highest BCUT2D eigenvalue weighted by Gasteiger charge is 2.16. The molecule has 2 aromatic rings. The van der Waals surface area contributed by atoms with Gasteiger partial charge in [0.05, 0.1) is 33.1 Å². The topological polar surface area (TPSA) is 85.8 Å². The summed E-state index contributed by atoms with van der Waals surface area (Å²) < 4.78 is 15.7. The van der Waals surface area contributed by atoms with Crippen molar-refractivity contribution in [2.24, 2.45) is 0 Å². The van der Waals surface area contributed by atoms with Gasteiger partial charge in [-0.2, -0.15) is 0 Å². The fraction of sp³-hybridized carbons (Fsp3) is 0.353. The summed E-state index contributed by atoms with van der Waals surface area (Å²) in [5, 5.41) is 10.9. The van der Waals surface area contributed by atoms with Gasteiger partial charge in [0, 0.05) is 19.2 Å². The molecule has 8 heteroatoms. The molecule has 0 atom stereocenters. The molecular weight excluding hydrogens is 324 g/mol. The van der Waals surface area contributed by atoms with Crippen LogP contribution in [0.4, 0.5) is 11.5 Å². The first kappa shape index (κ1) is 17.0. The van der Waals surface area contributed by atoms with Gasteiger partial charge in [-0.1, -0.05) is 0 Å². The molecule has 0 aliphatic carbocycles. The minimum Gasteiger partial charge on any atom is -0.497 e. The van der Waals surface area contributed by atoms with Gasteiger partial charge in [-0.05, 0) is 24.3 Å². The van der Waals surface area contributed by atoms with Crippen LogP contribution in [0.1, 0.15) is 10.5 Å². The lowest BCUT2D eigenvalue weighted by Crippen LogP contribution is -2.37. The zero-order chi connectivity index (χ0) is 17.6. The van der Waals surface area contributed by atoms with E-state index in [-0.39, 0.29) is 11.6 Å². The number of morpholine rings is 1. The first-order chi connectivity index (χ1) is 12.2. The Hall–Kier alpha value is -2.87. The third-order valence-corrected chi connectivity index (χ3v) is 3.87. The van der Waals surface area contributed by atoms with Crippen molar-refractivity contribution in [2.75, 3.05) is 50.7 Å². The first-order valence-corrected chi connectivity index (χ1v) is 7.91. The monoisotopic (exact) mass is 344 g/mol. The second-order valence-corrected chi connectivity index (χ2v) is 5.40. The van der Waals surface area contributed by atoms with Crippen LogP contribution in [0, 0.1) is 0 Å². The molecule has 0 spiro atoms. The van der Waals surface area contributed by atoms with E-state index in [0.29, 0.717) is 30.4 Å². The normalized spacial score (nSPS) is 14.1. The van der Waals surface area contributed by atoms with E-state index in [0.717, 1.165) is 18.9 Å². The van der Waals surface area contributed by atoms with Gasteiger partial charge in [0.2, 0.25) is 0 Å². The zero-order valence-corrected chi connectivity index (χ0v) is 14.2. The van der Waals surface area contributed by atoms with E-state index in [1.165, 1.54) is 7.11 Å². The minimum absolute atomic E-state index is 0.224. The maximum atomic E-state index is 12.4. The summed E-state index contributed by atoms with van der Waals surface area (Å²) in [6.45, 7) is 2.86. The fourth-order valence-electron chi connectivity index (χ4n) is 2.51.